The van der Waals surface area contributed by atoms with E-state index in [2.05, 4.69) is 10.5 Å². The van der Waals surface area contributed by atoms with Crippen molar-refractivity contribution >= 4 is 51.2 Å². The zero-order chi connectivity index (χ0) is 24.8. The van der Waals surface area contributed by atoms with E-state index >= 15 is 0 Å². The Morgan fingerprint density at radius 3 is 2.40 bits per heavy atom. The number of anilines is 1. The van der Waals surface area contributed by atoms with Gasteiger partial charge in [-0.25, -0.2) is 13.8 Å². The van der Waals surface area contributed by atoms with Crippen molar-refractivity contribution in [3.8, 4) is 5.75 Å². The highest BCUT2D eigenvalue weighted by atomic mass is 35.5. The predicted molar refractivity (Wildman–Crippen MR) is 142 cm³/mol. The second-order valence-corrected chi connectivity index (χ2v) is 11.3. The minimum Gasteiger partial charge on any atom is -0.489 e. The van der Waals surface area contributed by atoms with Gasteiger partial charge in [0.25, 0.3) is 5.91 Å². The van der Waals surface area contributed by atoms with Crippen LogP contribution in [-0.2, 0) is 16.6 Å². The van der Waals surface area contributed by atoms with E-state index in [9.17, 15) is 13.2 Å². The molecule has 4 rings (SSSR count). The Labute approximate surface area is 214 Å². The van der Waals surface area contributed by atoms with Gasteiger partial charge in [-0.2, -0.15) is 16.9 Å². The first-order valence-electron chi connectivity index (χ1n) is 10.8. The molecule has 1 fully saturated rings. The molecule has 1 aliphatic heterocycles. The van der Waals surface area contributed by atoms with Gasteiger partial charge in [-0.1, -0.05) is 29.8 Å². The van der Waals surface area contributed by atoms with Gasteiger partial charge in [-0.15, -0.1) is 0 Å². The Balaban J connectivity index is 1.38. The topological polar surface area (TPSA) is 88.1 Å². The average Bonchev–Trinajstić information content (AvgIpc) is 2.81. The maximum Gasteiger partial charge on any atom is 0.271 e. The Morgan fingerprint density at radius 2 is 1.80 bits per heavy atom. The van der Waals surface area contributed by atoms with E-state index in [1.807, 2.05) is 36.0 Å². The van der Waals surface area contributed by atoms with Crippen molar-refractivity contribution in [3.63, 3.8) is 0 Å². The Morgan fingerprint density at radius 1 is 1.11 bits per heavy atom. The van der Waals surface area contributed by atoms with E-state index in [-0.39, 0.29) is 12.6 Å². The third kappa shape index (κ3) is 6.78. The molecule has 0 aromatic heterocycles. The van der Waals surface area contributed by atoms with Crippen molar-refractivity contribution < 1.29 is 17.9 Å². The first-order valence-corrected chi connectivity index (χ1v) is 14.2. The van der Waals surface area contributed by atoms with E-state index in [0.717, 1.165) is 29.1 Å². The van der Waals surface area contributed by atoms with Crippen LogP contribution in [0.25, 0.3) is 0 Å². The van der Waals surface area contributed by atoms with Gasteiger partial charge in [0.05, 0.1) is 24.7 Å². The van der Waals surface area contributed by atoms with Crippen LogP contribution in [0.2, 0.25) is 5.02 Å². The number of hydrogen-bond acceptors (Lipinski definition) is 6. The standard InChI is InChI=1S/C25H24ClN3O4S2/c1-35(31,32)29(15-20-4-2-3-5-24(20)26)21-10-8-19(9-11-21)25(30)28-27-14-18-6-12-22(13-7-18)33-23-16-34-17-23/h2-14,23H,15-17H2,1H3,(H,28,30)/b27-14+. The van der Waals surface area contributed by atoms with Crippen LogP contribution in [0.1, 0.15) is 21.5 Å². The van der Waals surface area contributed by atoms with E-state index in [1.165, 1.54) is 4.31 Å². The van der Waals surface area contributed by atoms with Crippen LogP contribution in [-0.4, -0.2) is 44.4 Å². The third-order valence-electron chi connectivity index (χ3n) is 5.26. The number of thioether (sulfide) groups is 1. The monoisotopic (exact) mass is 529 g/mol. The quantitative estimate of drug-likeness (QED) is 0.324. The normalized spacial score (nSPS) is 13.9. The lowest BCUT2D eigenvalue weighted by atomic mass is 10.2. The number of hydrogen-bond donors (Lipinski definition) is 1. The first kappa shape index (κ1) is 25.1. The Hall–Kier alpha value is -3.01. The molecule has 1 amide bonds. The smallest absolute Gasteiger partial charge is 0.271 e. The van der Waals surface area contributed by atoms with Crippen molar-refractivity contribution in [2.45, 2.75) is 12.6 Å². The summed E-state index contributed by atoms with van der Waals surface area (Å²) < 4.78 is 31.9. The second kappa shape index (κ2) is 11.2. The maximum absolute atomic E-state index is 12.5. The van der Waals surface area contributed by atoms with Crippen molar-refractivity contribution in [2.75, 3.05) is 22.1 Å². The van der Waals surface area contributed by atoms with Gasteiger partial charge < -0.3 is 4.74 Å². The van der Waals surface area contributed by atoms with Crippen LogP contribution in [0, 0.1) is 0 Å². The third-order valence-corrected chi connectivity index (χ3v) is 7.98. The number of rotatable bonds is 9. The minimum absolute atomic E-state index is 0.0811. The van der Waals surface area contributed by atoms with E-state index in [0.29, 0.717) is 21.8 Å². The summed E-state index contributed by atoms with van der Waals surface area (Å²) in [5.74, 6) is 2.44. The molecule has 182 valence electrons. The number of ether oxygens (including phenoxy) is 1. The van der Waals surface area contributed by atoms with Crippen LogP contribution >= 0.6 is 23.4 Å². The van der Waals surface area contributed by atoms with Crippen molar-refractivity contribution in [1.29, 1.82) is 0 Å². The summed E-state index contributed by atoms with van der Waals surface area (Å²) in [7, 11) is -3.58. The molecule has 1 heterocycles. The highest BCUT2D eigenvalue weighted by molar-refractivity contribution is 8.00. The zero-order valence-electron chi connectivity index (χ0n) is 18.9. The lowest BCUT2D eigenvalue weighted by molar-refractivity contribution is 0.0955. The first-order chi connectivity index (χ1) is 16.8. The van der Waals surface area contributed by atoms with Gasteiger partial charge >= 0.3 is 0 Å². The highest BCUT2D eigenvalue weighted by Crippen LogP contribution is 2.25. The number of carbonyl (C=O) groups is 1. The molecule has 0 aliphatic carbocycles. The summed E-state index contributed by atoms with van der Waals surface area (Å²) in [6.45, 7) is 0.0811. The summed E-state index contributed by atoms with van der Waals surface area (Å²) in [6, 6.07) is 20.8. The fraction of sp³-hybridized carbons (Fsp3) is 0.200. The van der Waals surface area contributed by atoms with E-state index in [4.69, 9.17) is 16.3 Å². The molecule has 10 heteroatoms. The fourth-order valence-electron chi connectivity index (χ4n) is 3.30. The van der Waals surface area contributed by atoms with Crippen LogP contribution in [0.4, 0.5) is 5.69 Å². The largest absolute Gasteiger partial charge is 0.489 e. The van der Waals surface area contributed by atoms with Crippen molar-refractivity contribution in [3.05, 3.63) is 94.5 Å². The molecule has 0 spiro atoms. The van der Waals surface area contributed by atoms with Gasteiger partial charge in [0.15, 0.2) is 0 Å². The lowest BCUT2D eigenvalue weighted by Gasteiger charge is -2.25. The summed E-state index contributed by atoms with van der Waals surface area (Å²) in [4.78, 5) is 12.5. The minimum atomic E-state index is -3.58. The SMILES string of the molecule is CS(=O)(=O)N(Cc1ccccc1Cl)c1ccc(C(=O)N/N=C/c2ccc(OC3CSC3)cc2)cc1. The van der Waals surface area contributed by atoms with Gasteiger partial charge in [0, 0.05) is 22.1 Å². The molecule has 1 aliphatic rings. The van der Waals surface area contributed by atoms with Crippen molar-refractivity contribution in [2.24, 2.45) is 5.10 Å². The molecule has 0 bridgehead atoms. The van der Waals surface area contributed by atoms with Gasteiger partial charge in [-0.3, -0.25) is 9.10 Å². The van der Waals surface area contributed by atoms with Gasteiger partial charge in [0.1, 0.15) is 11.9 Å². The number of carbonyl (C=O) groups excluding carboxylic acids is 1. The summed E-state index contributed by atoms with van der Waals surface area (Å²) in [6.07, 6.45) is 2.96. The molecule has 35 heavy (non-hydrogen) atoms. The number of hydrazone groups is 1. The maximum atomic E-state index is 12.5. The lowest BCUT2D eigenvalue weighted by Crippen LogP contribution is -2.30. The number of sulfonamides is 1. The predicted octanol–water partition coefficient (Wildman–Crippen LogP) is 4.56. The summed E-state index contributed by atoms with van der Waals surface area (Å²) in [5, 5.41) is 4.49. The summed E-state index contributed by atoms with van der Waals surface area (Å²) in [5.41, 5.74) is 4.76. The van der Waals surface area contributed by atoms with E-state index in [1.54, 1.807) is 54.7 Å². The molecule has 0 radical (unpaired) electrons. The molecule has 0 unspecified atom stereocenters. The number of nitrogens with zero attached hydrogens (tertiary/aromatic N) is 2. The van der Waals surface area contributed by atoms with Crippen molar-refractivity contribution in [1.82, 2.24) is 5.43 Å². The van der Waals surface area contributed by atoms with Crippen LogP contribution < -0.4 is 14.5 Å². The Bertz CT molecular complexity index is 1310. The fourth-order valence-corrected chi connectivity index (χ4v) is 4.94. The molecular formula is C25H24ClN3O4S2. The molecule has 0 saturated carbocycles. The van der Waals surface area contributed by atoms with E-state index < -0.39 is 15.9 Å². The van der Waals surface area contributed by atoms with Crippen LogP contribution in [0.5, 0.6) is 5.75 Å². The highest BCUT2D eigenvalue weighted by Gasteiger charge is 2.20. The molecule has 1 saturated heterocycles. The molecule has 0 atom stereocenters. The molecule has 3 aromatic rings. The Kier molecular flexibility index (Phi) is 8.00. The number of halogens is 1. The number of nitrogens with one attached hydrogen (secondary N) is 1. The van der Waals surface area contributed by atoms with Gasteiger partial charge in [-0.05, 0) is 65.7 Å². The number of amides is 1. The zero-order valence-corrected chi connectivity index (χ0v) is 21.3. The van der Waals surface area contributed by atoms with Crippen LogP contribution in [0.15, 0.2) is 77.9 Å². The second-order valence-electron chi connectivity index (χ2n) is 7.95. The number of benzene rings is 3. The molecule has 7 nitrogen and oxygen atoms in total. The molecule has 3 aromatic carbocycles. The summed E-state index contributed by atoms with van der Waals surface area (Å²) >= 11 is 8.07. The van der Waals surface area contributed by atoms with Gasteiger partial charge in [0.2, 0.25) is 10.0 Å². The van der Waals surface area contributed by atoms with Crippen LogP contribution in [0.3, 0.4) is 0 Å². The molecular weight excluding hydrogens is 506 g/mol. The molecule has 1 N–H and O–H groups in total. The average molecular weight is 530 g/mol.